The molecule has 1 heterocycles. The molecule has 25 heavy (non-hydrogen) atoms. The number of nitrogens with zero attached hydrogens (tertiary/aromatic N) is 1. The second-order valence-corrected chi connectivity index (χ2v) is 6.05. The summed E-state index contributed by atoms with van der Waals surface area (Å²) in [5.74, 6) is -2.22. The summed E-state index contributed by atoms with van der Waals surface area (Å²) in [6.45, 7) is 4.88. The van der Waals surface area contributed by atoms with Gasteiger partial charge in [0.1, 0.15) is 12.1 Å². The van der Waals surface area contributed by atoms with Crippen LogP contribution in [0.5, 0.6) is 0 Å². The third-order valence-corrected chi connectivity index (χ3v) is 4.30. The van der Waals surface area contributed by atoms with Crippen molar-refractivity contribution in [3.05, 3.63) is 45.1 Å². The maximum Gasteiger partial charge on any atom is 0.329 e. The number of hydrogen-bond donors (Lipinski definition) is 3. The van der Waals surface area contributed by atoms with Crippen LogP contribution in [0.1, 0.15) is 33.2 Å². The highest BCUT2D eigenvalue weighted by molar-refractivity contribution is 5.86. The first-order valence-corrected chi connectivity index (χ1v) is 8.04. The molecule has 0 aliphatic rings. The monoisotopic (exact) mass is 347 g/mol. The third-order valence-electron chi connectivity index (χ3n) is 4.30. The Hall–Kier alpha value is -2.90. The van der Waals surface area contributed by atoms with Gasteiger partial charge >= 0.3 is 11.7 Å². The van der Waals surface area contributed by atoms with Gasteiger partial charge in [-0.25, -0.2) is 9.36 Å². The summed E-state index contributed by atoms with van der Waals surface area (Å²) in [6, 6.07) is 4.29. The zero-order chi connectivity index (χ0) is 18.7. The van der Waals surface area contributed by atoms with Crippen molar-refractivity contribution in [2.75, 3.05) is 0 Å². The van der Waals surface area contributed by atoms with E-state index in [1.165, 1.54) is 6.92 Å². The van der Waals surface area contributed by atoms with Crippen LogP contribution in [0.2, 0.25) is 0 Å². The van der Waals surface area contributed by atoms with Gasteiger partial charge in [0, 0.05) is 0 Å². The number of carbonyl (C=O) groups is 2. The van der Waals surface area contributed by atoms with Crippen LogP contribution in [-0.4, -0.2) is 32.6 Å². The Morgan fingerprint density at radius 1 is 1.24 bits per heavy atom. The number of para-hydroxylation sites is 1. The summed E-state index contributed by atoms with van der Waals surface area (Å²) in [6.07, 6.45) is 0.526. The molecule has 3 N–H and O–H groups in total. The normalized spacial score (nSPS) is 14.7. The first-order valence-electron chi connectivity index (χ1n) is 8.04. The molecule has 0 aliphatic heterocycles. The van der Waals surface area contributed by atoms with Gasteiger partial charge in [-0.1, -0.05) is 32.4 Å². The molecule has 8 heteroatoms. The maximum absolute atomic E-state index is 12.8. The number of H-pyrrole nitrogens is 1. The van der Waals surface area contributed by atoms with Crippen molar-refractivity contribution in [2.24, 2.45) is 5.92 Å². The highest BCUT2D eigenvalue weighted by Gasteiger charge is 2.31. The number of aromatic amines is 1. The van der Waals surface area contributed by atoms with E-state index in [0.717, 1.165) is 4.57 Å². The van der Waals surface area contributed by atoms with E-state index in [1.54, 1.807) is 31.2 Å². The molecule has 0 spiro atoms. The summed E-state index contributed by atoms with van der Waals surface area (Å²) in [5.41, 5.74) is -0.897. The van der Waals surface area contributed by atoms with Gasteiger partial charge in [-0.2, -0.15) is 0 Å². The summed E-state index contributed by atoms with van der Waals surface area (Å²) in [4.78, 5) is 51.4. The highest BCUT2D eigenvalue weighted by Crippen LogP contribution is 2.19. The molecule has 1 aromatic heterocycles. The molecule has 2 rings (SSSR count). The van der Waals surface area contributed by atoms with E-state index in [0.29, 0.717) is 11.9 Å². The predicted octanol–water partition coefficient (Wildman–Crippen LogP) is 0.866. The molecular formula is C17H21N3O5. The number of hydrogen-bond acceptors (Lipinski definition) is 4. The van der Waals surface area contributed by atoms with E-state index in [2.05, 4.69) is 10.3 Å². The lowest BCUT2D eigenvalue weighted by molar-refractivity contribution is -0.142. The number of carboxylic acid groups (broad SMARTS) is 1. The van der Waals surface area contributed by atoms with E-state index < -0.39 is 35.2 Å². The summed E-state index contributed by atoms with van der Waals surface area (Å²) >= 11 is 0. The molecule has 8 nitrogen and oxygen atoms in total. The molecule has 0 bridgehead atoms. The smallest absolute Gasteiger partial charge is 0.329 e. The summed E-state index contributed by atoms with van der Waals surface area (Å²) in [7, 11) is 0. The van der Waals surface area contributed by atoms with Crippen molar-refractivity contribution in [3.63, 3.8) is 0 Å². The van der Waals surface area contributed by atoms with Gasteiger partial charge in [0.25, 0.3) is 5.56 Å². The molecule has 1 aromatic carbocycles. The largest absolute Gasteiger partial charge is 0.480 e. The van der Waals surface area contributed by atoms with Gasteiger partial charge in [0.05, 0.1) is 10.9 Å². The molecule has 2 aromatic rings. The van der Waals surface area contributed by atoms with E-state index in [4.69, 9.17) is 5.11 Å². The number of benzene rings is 1. The Morgan fingerprint density at radius 3 is 2.48 bits per heavy atom. The van der Waals surface area contributed by atoms with Crippen LogP contribution in [-0.2, 0) is 9.59 Å². The lowest BCUT2D eigenvalue weighted by Crippen LogP contribution is -2.49. The van der Waals surface area contributed by atoms with Crippen molar-refractivity contribution in [1.29, 1.82) is 0 Å². The average Bonchev–Trinajstić information content (AvgIpc) is 2.57. The molecule has 0 radical (unpaired) electrons. The lowest BCUT2D eigenvalue weighted by atomic mass is 9.97. The van der Waals surface area contributed by atoms with Crippen LogP contribution in [0.15, 0.2) is 33.9 Å². The Balaban J connectivity index is 2.61. The Bertz CT molecular complexity index is 914. The average molecular weight is 347 g/mol. The van der Waals surface area contributed by atoms with Crippen LogP contribution in [0.3, 0.4) is 0 Å². The first kappa shape index (κ1) is 18.4. The summed E-state index contributed by atoms with van der Waals surface area (Å²) in [5, 5.41) is 11.6. The van der Waals surface area contributed by atoms with Crippen molar-refractivity contribution < 1.29 is 14.7 Å². The Morgan fingerprint density at radius 2 is 1.88 bits per heavy atom. The molecule has 0 fully saturated rings. The number of carboxylic acids is 1. The number of amides is 1. The van der Waals surface area contributed by atoms with E-state index >= 15 is 0 Å². The Kier molecular flexibility index (Phi) is 5.41. The predicted molar refractivity (Wildman–Crippen MR) is 92.6 cm³/mol. The second-order valence-electron chi connectivity index (χ2n) is 6.05. The zero-order valence-corrected chi connectivity index (χ0v) is 14.3. The molecule has 0 unspecified atom stereocenters. The molecule has 1 amide bonds. The molecule has 0 saturated carbocycles. The molecule has 0 aliphatic carbocycles. The first-order chi connectivity index (χ1) is 11.8. The quantitative estimate of drug-likeness (QED) is 0.716. The van der Waals surface area contributed by atoms with E-state index in [1.807, 2.05) is 6.92 Å². The minimum atomic E-state index is -1.20. The molecule has 3 atom stereocenters. The standard InChI is InChI=1S/C17H21N3O5/c1-4-9(2)13(14(21)18-10(3)16(23)24)20-15(22)11-7-5-6-8-12(11)19-17(20)25/h5-10,13H,4H2,1-3H3,(H,18,21)(H,19,25)(H,23,24)/t9-,10-,13-/m0/s1. The minimum absolute atomic E-state index is 0.287. The zero-order valence-electron chi connectivity index (χ0n) is 14.3. The van der Waals surface area contributed by atoms with Crippen molar-refractivity contribution in [2.45, 2.75) is 39.3 Å². The molecule has 134 valence electrons. The number of aliphatic carboxylic acids is 1. The molecular weight excluding hydrogens is 326 g/mol. The number of fused-ring (bicyclic) bond motifs is 1. The fourth-order valence-corrected chi connectivity index (χ4v) is 2.64. The van der Waals surface area contributed by atoms with E-state index in [-0.39, 0.29) is 11.3 Å². The SMILES string of the molecule is CC[C@H](C)[C@@H](C(=O)N[C@@H](C)C(=O)O)n1c(=O)[nH]c2ccccc2c1=O. The highest BCUT2D eigenvalue weighted by atomic mass is 16.4. The van der Waals surface area contributed by atoms with Crippen molar-refractivity contribution in [1.82, 2.24) is 14.9 Å². The van der Waals surface area contributed by atoms with Gasteiger partial charge in [0.15, 0.2) is 0 Å². The van der Waals surface area contributed by atoms with Gasteiger partial charge < -0.3 is 15.4 Å². The van der Waals surface area contributed by atoms with Gasteiger partial charge in [-0.05, 0) is 25.0 Å². The van der Waals surface area contributed by atoms with Crippen LogP contribution < -0.4 is 16.6 Å². The van der Waals surface area contributed by atoms with Crippen molar-refractivity contribution >= 4 is 22.8 Å². The van der Waals surface area contributed by atoms with Crippen LogP contribution in [0.25, 0.3) is 10.9 Å². The van der Waals surface area contributed by atoms with Crippen LogP contribution in [0.4, 0.5) is 0 Å². The van der Waals surface area contributed by atoms with Crippen LogP contribution >= 0.6 is 0 Å². The fourth-order valence-electron chi connectivity index (χ4n) is 2.64. The number of rotatable bonds is 6. The van der Waals surface area contributed by atoms with Gasteiger partial charge in [-0.15, -0.1) is 0 Å². The minimum Gasteiger partial charge on any atom is -0.480 e. The lowest BCUT2D eigenvalue weighted by Gasteiger charge is -2.24. The van der Waals surface area contributed by atoms with Crippen LogP contribution in [0, 0.1) is 5.92 Å². The molecule has 0 saturated heterocycles. The van der Waals surface area contributed by atoms with E-state index in [9.17, 15) is 19.2 Å². The summed E-state index contributed by atoms with van der Waals surface area (Å²) < 4.78 is 0.875. The topological polar surface area (TPSA) is 121 Å². The van der Waals surface area contributed by atoms with Gasteiger partial charge in [-0.3, -0.25) is 14.4 Å². The fraction of sp³-hybridized carbons (Fsp3) is 0.412. The number of aromatic nitrogens is 2. The van der Waals surface area contributed by atoms with Crippen molar-refractivity contribution in [3.8, 4) is 0 Å². The maximum atomic E-state index is 12.8. The third kappa shape index (κ3) is 3.62. The Labute approximate surface area is 143 Å². The number of carbonyl (C=O) groups excluding carboxylic acids is 1. The second kappa shape index (κ2) is 7.33. The number of nitrogens with one attached hydrogen (secondary N) is 2. The van der Waals surface area contributed by atoms with Gasteiger partial charge in [0.2, 0.25) is 5.91 Å².